The molecule has 0 aromatic heterocycles. The van der Waals surface area contributed by atoms with Crippen molar-refractivity contribution >= 4 is 23.2 Å². The molecule has 0 saturated carbocycles. The van der Waals surface area contributed by atoms with Crippen LogP contribution in [0.25, 0.3) is 0 Å². The molecule has 18 heavy (non-hydrogen) atoms. The number of nitrogens with zero attached hydrogens (tertiary/aromatic N) is 1. The molecule has 1 N–H and O–H groups in total. The maximum absolute atomic E-state index is 13.4. The summed E-state index contributed by atoms with van der Waals surface area (Å²) in [6.45, 7) is 4.86. The van der Waals surface area contributed by atoms with Crippen LogP contribution in [0.3, 0.4) is 0 Å². The molecule has 0 aliphatic carbocycles. The summed E-state index contributed by atoms with van der Waals surface area (Å²) in [7, 11) is 0. The van der Waals surface area contributed by atoms with E-state index in [-0.39, 0.29) is 17.0 Å². The summed E-state index contributed by atoms with van der Waals surface area (Å²) < 4.78 is 13.4. The highest BCUT2D eigenvalue weighted by molar-refractivity contribution is 6.30. The van der Waals surface area contributed by atoms with Gasteiger partial charge in [0.2, 0.25) is 5.91 Å². The zero-order valence-corrected chi connectivity index (χ0v) is 10.6. The highest BCUT2D eigenvalue weighted by atomic mass is 35.5. The summed E-state index contributed by atoms with van der Waals surface area (Å²) in [5.41, 5.74) is 0.784. The van der Waals surface area contributed by atoms with Gasteiger partial charge in [-0.05, 0) is 30.7 Å². The predicted octanol–water partition coefficient (Wildman–Crippen LogP) is 2.36. The monoisotopic (exact) mass is 268 g/mol. The summed E-state index contributed by atoms with van der Waals surface area (Å²) >= 11 is 5.64. The molecule has 0 radical (unpaired) electrons. The van der Waals surface area contributed by atoms with E-state index in [1.165, 1.54) is 12.1 Å². The molecule has 1 fully saturated rings. The van der Waals surface area contributed by atoms with Crippen molar-refractivity contribution in [2.75, 3.05) is 18.0 Å². The Morgan fingerprint density at radius 3 is 3.06 bits per heavy atom. The molecule has 2 rings (SSSR count). The fourth-order valence-corrected chi connectivity index (χ4v) is 2.17. The van der Waals surface area contributed by atoms with Crippen LogP contribution in [0.2, 0.25) is 5.02 Å². The van der Waals surface area contributed by atoms with E-state index in [2.05, 4.69) is 11.9 Å². The fraction of sp³-hybridized carbons (Fsp3) is 0.308. The lowest BCUT2D eigenvalue weighted by Crippen LogP contribution is -2.36. The maximum atomic E-state index is 13.4. The van der Waals surface area contributed by atoms with Crippen molar-refractivity contribution in [3.63, 3.8) is 0 Å². The first kappa shape index (κ1) is 12.9. The van der Waals surface area contributed by atoms with Gasteiger partial charge in [-0.3, -0.25) is 4.79 Å². The number of benzene rings is 1. The first-order chi connectivity index (χ1) is 8.60. The third-order valence-corrected chi connectivity index (χ3v) is 3.29. The Kier molecular flexibility index (Phi) is 3.87. The van der Waals surface area contributed by atoms with Crippen LogP contribution in [0.1, 0.15) is 6.42 Å². The SMILES string of the molecule is C=CC(=O)NC1CCN(c2ccc(Cl)c(F)c2)C1. The first-order valence-corrected chi connectivity index (χ1v) is 6.11. The number of anilines is 1. The zero-order chi connectivity index (χ0) is 13.1. The lowest BCUT2D eigenvalue weighted by atomic mass is 10.2. The Morgan fingerprint density at radius 2 is 2.39 bits per heavy atom. The molecule has 0 bridgehead atoms. The molecule has 1 aromatic carbocycles. The summed E-state index contributed by atoms with van der Waals surface area (Å²) in [6.07, 6.45) is 2.09. The van der Waals surface area contributed by atoms with Crippen LogP contribution in [-0.4, -0.2) is 25.0 Å². The minimum Gasteiger partial charge on any atom is -0.369 e. The van der Waals surface area contributed by atoms with Crippen molar-refractivity contribution in [3.8, 4) is 0 Å². The van der Waals surface area contributed by atoms with Crippen LogP contribution in [-0.2, 0) is 4.79 Å². The third kappa shape index (κ3) is 2.82. The van der Waals surface area contributed by atoms with Crippen molar-refractivity contribution in [3.05, 3.63) is 41.7 Å². The molecule has 1 saturated heterocycles. The molecule has 1 aliphatic rings. The number of hydrogen-bond donors (Lipinski definition) is 1. The smallest absolute Gasteiger partial charge is 0.243 e. The van der Waals surface area contributed by atoms with Gasteiger partial charge in [0.05, 0.1) is 5.02 Å². The summed E-state index contributed by atoms with van der Waals surface area (Å²) in [4.78, 5) is 13.2. The molecule has 3 nitrogen and oxygen atoms in total. The lowest BCUT2D eigenvalue weighted by Gasteiger charge is -2.19. The van der Waals surface area contributed by atoms with E-state index >= 15 is 0 Å². The molecule has 1 amide bonds. The minimum absolute atomic E-state index is 0.0780. The van der Waals surface area contributed by atoms with Crippen molar-refractivity contribution < 1.29 is 9.18 Å². The Morgan fingerprint density at radius 1 is 1.61 bits per heavy atom. The molecule has 1 heterocycles. The number of hydrogen-bond acceptors (Lipinski definition) is 2. The number of amides is 1. The molecular formula is C13H14ClFN2O. The van der Waals surface area contributed by atoms with E-state index in [9.17, 15) is 9.18 Å². The highest BCUT2D eigenvalue weighted by Crippen LogP contribution is 2.24. The predicted molar refractivity (Wildman–Crippen MR) is 70.4 cm³/mol. The molecule has 1 atom stereocenters. The Hall–Kier alpha value is -1.55. The Labute approximate surface area is 110 Å². The maximum Gasteiger partial charge on any atom is 0.243 e. The van der Waals surface area contributed by atoms with Crippen LogP contribution >= 0.6 is 11.6 Å². The van der Waals surface area contributed by atoms with Gasteiger partial charge < -0.3 is 10.2 Å². The minimum atomic E-state index is -0.423. The van der Waals surface area contributed by atoms with Crippen molar-refractivity contribution in [1.82, 2.24) is 5.32 Å². The summed E-state index contributed by atoms with van der Waals surface area (Å²) in [5.74, 6) is -0.600. The van der Waals surface area contributed by atoms with Gasteiger partial charge in [-0.15, -0.1) is 0 Å². The molecular weight excluding hydrogens is 255 g/mol. The number of nitrogens with one attached hydrogen (secondary N) is 1. The van der Waals surface area contributed by atoms with Crippen LogP contribution in [0, 0.1) is 5.82 Å². The van der Waals surface area contributed by atoms with Crippen molar-refractivity contribution in [2.24, 2.45) is 0 Å². The van der Waals surface area contributed by atoms with Gasteiger partial charge in [0, 0.05) is 24.8 Å². The van der Waals surface area contributed by atoms with Gasteiger partial charge in [-0.25, -0.2) is 4.39 Å². The second-order valence-electron chi connectivity index (χ2n) is 4.24. The molecule has 96 valence electrons. The van der Waals surface area contributed by atoms with E-state index in [1.54, 1.807) is 12.1 Å². The fourth-order valence-electron chi connectivity index (χ4n) is 2.05. The second kappa shape index (κ2) is 5.40. The lowest BCUT2D eigenvalue weighted by molar-refractivity contribution is -0.117. The van der Waals surface area contributed by atoms with Gasteiger partial charge in [0.1, 0.15) is 5.82 Å². The second-order valence-corrected chi connectivity index (χ2v) is 4.65. The van der Waals surface area contributed by atoms with Gasteiger partial charge in [-0.2, -0.15) is 0 Å². The average Bonchev–Trinajstić information content (AvgIpc) is 2.81. The molecule has 0 spiro atoms. The van der Waals surface area contributed by atoms with E-state index in [4.69, 9.17) is 11.6 Å². The van der Waals surface area contributed by atoms with Gasteiger partial charge in [0.25, 0.3) is 0 Å². The summed E-state index contributed by atoms with van der Waals surface area (Å²) in [6, 6.07) is 4.82. The normalized spacial score (nSPS) is 18.8. The zero-order valence-electron chi connectivity index (χ0n) is 9.83. The molecule has 1 unspecified atom stereocenters. The van der Waals surface area contributed by atoms with Gasteiger partial charge in [-0.1, -0.05) is 18.2 Å². The van der Waals surface area contributed by atoms with Crippen molar-refractivity contribution in [1.29, 1.82) is 0 Å². The number of halogens is 2. The van der Waals surface area contributed by atoms with Crippen LogP contribution in [0.5, 0.6) is 0 Å². The summed E-state index contributed by atoms with van der Waals surface area (Å²) in [5, 5.41) is 2.96. The van der Waals surface area contributed by atoms with Crippen molar-refractivity contribution in [2.45, 2.75) is 12.5 Å². The van der Waals surface area contributed by atoms with Gasteiger partial charge in [0.15, 0.2) is 0 Å². The van der Waals surface area contributed by atoms with Crippen LogP contribution in [0.4, 0.5) is 10.1 Å². The van der Waals surface area contributed by atoms with E-state index < -0.39 is 5.82 Å². The average molecular weight is 269 g/mol. The topological polar surface area (TPSA) is 32.3 Å². The highest BCUT2D eigenvalue weighted by Gasteiger charge is 2.23. The van der Waals surface area contributed by atoms with Crippen LogP contribution in [0.15, 0.2) is 30.9 Å². The first-order valence-electron chi connectivity index (χ1n) is 5.73. The van der Waals surface area contributed by atoms with E-state index in [0.29, 0.717) is 6.54 Å². The van der Waals surface area contributed by atoms with Crippen LogP contribution < -0.4 is 10.2 Å². The number of rotatable bonds is 3. The molecule has 1 aliphatic heterocycles. The standard InChI is InChI=1S/C13H14ClFN2O/c1-2-13(18)16-9-5-6-17(8-9)10-3-4-11(14)12(15)7-10/h2-4,7,9H,1,5-6,8H2,(H,16,18). The van der Waals surface area contributed by atoms with Gasteiger partial charge >= 0.3 is 0 Å². The quantitative estimate of drug-likeness (QED) is 0.854. The molecule has 5 heteroatoms. The Bertz CT molecular complexity index is 478. The third-order valence-electron chi connectivity index (χ3n) is 2.99. The van der Waals surface area contributed by atoms with E-state index in [0.717, 1.165) is 18.7 Å². The Balaban J connectivity index is 2.01. The largest absolute Gasteiger partial charge is 0.369 e. The number of carbonyl (C=O) groups is 1. The molecule has 1 aromatic rings. The number of carbonyl (C=O) groups excluding carboxylic acids is 1. The van der Waals surface area contributed by atoms with E-state index in [1.807, 2.05) is 4.90 Å².